The summed E-state index contributed by atoms with van der Waals surface area (Å²) < 4.78 is 0. The highest BCUT2D eigenvalue weighted by Gasteiger charge is 1.96. The average molecular weight is 164 g/mol. The van der Waals surface area contributed by atoms with Crippen LogP contribution in [-0.4, -0.2) is 18.5 Å². The summed E-state index contributed by atoms with van der Waals surface area (Å²) in [6.45, 7) is 4.22. The minimum absolute atomic E-state index is 0.831. The predicted molar refractivity (Wildman–Crippen MR) is 52.9 cm³/mol. The molecule has 0 atom stereocenters. The zero-order valence-electron chi connectivity index (χ0n) is 7.75. The Morgan fingerprint density at radius 1 is 1.25 bits per heavy atom. The van der Waals surface area contributed by atoms with Gasteiger partial charge in [-0.1, -0.05) is 19.1 Å². The fraction of sp³-hybridized carbons (Fsp3) is 0.400. The molecule has 0 fully saturated rings. The second-order valence-electron chi connectivity index (χ2n) is 3.07. The van der Waals surface area contributed by atoms with Crippen molar-refractivity contribution in [3.05, 3.63) is 29.8 Å². The van der Waals surface area contributed by atoms with Crippen LogP contribution in [0.25, 0.3) is 0 Å². The fourth-order valence-corrected chi connectivity index (χ4v) is 1.05. The van der Waals surface area contributed by atoms with Gasteiger partial charge in [0, 0.05) is 12.2 Å². The van der Waals surface area contributed by atoms with E-state index in [9.17, 15) is 0 Å². The molecule has 66 valence electrons. The molecule has 1 aromatic rings. The third-order valence-electron chi connectivity index (χ3n) is 1.97. The maximum Gasteiger partial charge on any atom is 0.0314 e. The van der Waals surface area contributed by atoms with Gasteiger partial charge in [-0.25, -0.2) is 0 Å². The highest BCUT2D eigenvalue weighted by molar-refractivity contribution is 5.39. The van der Waals surface area contributed by atoms with E-state index in [2.05, 4.69) is 31.0 Å². The molecule has 0 amide bonds. The van der Waals surface area contributed by atoms with Crippen molar-refractivity contribution in [1.82, 2.24) is 4.90 Å². The number of hydrogen-bond acceptors (Lipinski definition) is 2. The molecule has 0 aliphatic rings. The van der Waals surface area contributed by atoms with Gasteiger partial charge in [-0.2, -0.15) is 0 Å². The Bertz CT molecular complexity index is 228. The molecule has 0 radical (unpaired) electrons. The van der Waals surface area contributed by atoms with Crippen molar-refractivity contribution in [2.45, 2.75) is 13.5 Å². The van der Waals surface area contributed by atoms with Crippen LogP contribution >= 0.6 is 0 Å². The molecule has 0 spiro atoms. The predicted octanol–water partition coefficient (Wildman–Crippen LogP) is 1.72. The number of nitrogens with two attached hydrogens (primary N) is 1. The van der Waals surface area contributed by atoms with E-state index in [1.165, 1.54) is 5.56 Å². The number of benzene rings is 1. The number of hydrogen-bond donors (Lipinski definition) is 1. The smallest absolute Gasteiger partial charge is 0.0314 e. The van der Waals surface area contributed by atoms with Crippen molar-refractivity contribution in [3.63, 3.8) is 0 Å². The molecule has 2 N–H and O–H groups in total. The van der Waals surface area contributed by atoms with Crippen LogP contribution in [0, 0.1) is 0 Å². The lowest BCUT2D eigenvalue weighted by molar-refractivity contribution is 0.346. The Morgan fingerprint density at radius 2 is 1.83 bits per heavy atom. The monoisotopic (exact) mass is 164 g/mol. The molecular formula is C10H16N2. The van der Waals surface area contributed by atoms with Crippen LogP contribution in [0.1, 0.15) is 12.5 Å². The van der Waals surface area contributed by atoms with E-state index in [1.807, 2.05) is 12.1 Å². The molecule has 2 heteroatoms. The van der Waals surface area contributed by atoms with Crippen molar-refractivity contribution in [1.29, 1.82) is 0 Å². The first-order valence-corrected chi connectivity index (χ1v) is 4.25. The first kappa shape index (κ1) is 9.07. The molecule has 1 aromatic carbocycles. The Hall–Kier alpha value is -1.02. The second-order valence-corrected chi connectivity index (χ2v) is 3.07. The number of nitrogen functional groups attached to an aromatic ring is 1. The third kappa shape index (κ3) is 2.55. The van der Waals surface area contributed by atoms with Crippen LogP contribution in [0.4, 0.5) is 5.69 Å². The lowest BCUT2D eigenvalue weighted by atomic mass is 10.2. The molecule has 1 rings (SSSR count). The molecule has 0 saturated heterocycles. The third-order valence-corrected chi connectivity index (χ3v) is 1.97. The van der Waals surface area contributed by atoms with Crippen molar-refractivity contribution in [3.8, 4) is 0 Å². The SMILES string of the molecule is CCN(C)Cc1ccc(N)cc1. The van der Waals surface area contributed by atoms with Crippen LogP contribution in [-0.2, 0) is 6.54 Å². The molecule has 0 bridgehead atoms. The van der Waals surface area contributed by atoms with E-state index in [0.717, 1.165) is 18.8 Å². The zero-order valence-corrected chi connectivity index (χ0v) is 7.75. The van der Waals surface area contributed by atoms with Gasteiger partial charge in [0.2, 0.25) is 0 Å². The van der Waals surface area contributed by atoms with Gasteiger partial charge in [0.15, 0.2) is 0 Å². The molecule has 0 aliphatic carbocycles. The minimum Gasteiger partial charge on any atom is -0.399 e. The second kappa shape index (κ2) is 4.12. The quantitative estimate of drug-likeness (QED) is 0.689. The molecule has 0 heterocycles. The first-order chi connectivity index (χ1) is 5.72. The molecule has 0 unspecified atom stereocenters. The summed E-state index contributed by atoms with van der Waals surface area (Å²) in [5.41, 5.74) is 7.72. The highest BCUT2D eigenvalue weighted by Crippen LogP contribution is 2.06. The van der Waals surface area contributed by atoms with Crippen LogP contribution in [0.3, 0.4) is 0 Å². The summed E-state index contributed by atoms with van der Waals surface area (Å²) in [6, 6.07) is 8.03. The van der Waals surface area contributed by atoms with Gasteiger partial charge in [-0.05, 0) is 31.3 Å². The fourth-order valence-electron chi connectivity index (χ4n) is 1.05. The summed E-state index contributed by atoms with van der Waals surface area (Å²) in [5.74, 6) is 0. The largest absolute Gasteiger partial charge is 0.399 e. The molecule has 0 aliphatic heterocycles. The van der Waals surface area contributed by atoms with E-state index in [1.54, 1.807) is 0 Å². The number of anilines is 1. The standard InChI is InChI=1S/C10H16N2/c1-3-12(2)8-9-4-6-10(11)7-5-9/h4-7H,3,8,11H2,1-2H3. The Morgan fingerprint density at radius 3 is 2.33 bits per heavy atom. The van der Waals surface area contributed by atoms with Gasteiger partial charge >= 0.3 is 0 Å². The van der Waals surface area contributed by atoms with E-state index in [4.69, 9.17) is 5.73 Å². The summed E-state index contributed by atoms with van der Waals surface area (Å²) >= 11 is 0. The van der Waals surface area contributed by atoms with E-state index < -0.39 is 0 Å². The number of nitrogens with zero attached hydrogens (tertiary/aromatic N) is 1. The molecule has 0 aromatic heterocycles. The van der Waals surface area contributed by atoms with Crippen molar-refractivity contribution < 1.29 is 0 Å². The molecular weight excluding hydrogens is 148 g/mol. The van der Waals surface area contributed by atoms with E-state index in [-0.39, 0.29) is 0 Å². The summed E-state index contributed by atoms with van der Waals surface area (Å²) in [4.78, 5) is 2.26. The van der Waals surface area contributed by atoms with Crippen LogP contribution < -0.4 is 5.73 Å². The van der Waals surface area contributed by atoms with Gasteiger partial charge in [-0.3, -0.25) is 0 Å². The van der Waals surface area contributed by atoms with E-state index >= 15 is 0 Å². The molecule has 2 nitrogen and oxygen atoms in total. The van der Waals surface area contributed by atoms with Gasteiger partial charge in [0.1, 0.15) is 0 Å². The Kier molecular flexibility index (Phi) is 3.11. The summed E-state index contributed by atoms with van der Waals surface area (Å²) in [6.07, 6.45) is 0. The van der Waals surface area contributed by atoms with Crippen molar-refractivity contribution in [2.75, 3.05) is 19.3 Å². The summed E-state index contributed by atoms with van der Waals surface area (Å²) in [7, 11) is 2.11. The molecule has 12 heavy (non-hydrogen) atoms. The van der Waals surface area contributed by atoms with Crippen LogP contribution in [0.2, 0.25) is 0 Å². The Labute approximate surface area is 74.0 Å². The van der Waals surface area contributed by atoms with Crippen LogP contribution in [0.5, 0.6) is 0 Å². The average Bonchev–Trinajstić information content (AvgIpc) is 2.09. The maximum absolute atomic E-state index is 5.58. The van der Waals surface area contributed by atoms with Gasteiger partial charge in [-0.15, -0.1) is 0 Å². The van der Waals surface area contributed by atoms with Gasteiger partial charge < -0.3 is 10.6 Å². The topological polar surface area (TPSA) is 29.3 Å². The Balaban J connectivity index is 2.58. The molecule has 0 saturated carbocycles. The zero-order chi connectivity index (χ0) is 8.97. The number of rotatable bonds is 3. The highest BCUT2D eigenvalue weighted by atomic mass is 15.1. The van der Waals surface area contributed by atoms with Crippen molar-refractivity contribution in [2.24, 2.45) is 0 Å². The van der Waals surface area contributed by atoms with Gasteiger partial charge in [0.25, 0.3) is 0 Å². The van der Waals surface area contributed by atoms with Crippen molar-refractivity contribution >= 4 is 5.69 Å². The maximum atomic E-state index is 5.58. The van der Waals surface area contributed by atoms with Crippen LogP contribution in [0.15, 0.2) is 24.3 Å². The summed E-state index contributed by atoms with van der Waals surface area (Å²) in [5, 5.41) is 0. The normalized spacial score (nSPS) is 10.6. The van der Waals surface area contributed by atoms with E-state index in [0.29, 0.717) is 0 Å². The minimum atomic E-state index is 0.831. The van der Waals surface area contributed by atoms with Gasteiger partial charge in [0.05, 0.1) is 0 Å². The first-order valence-electron chi connectivity index (χ1n) is 4.25. The lowest BCUT2D eigenvalue weighted by Gasteiger charge is -2.13. The lowest BCUT2D eigenvalue weighted by Crippen LogP contribution is -2.16.